The predicted octanol–water partition coefficient (Wildman–Crippen LogP) is 2.15. The van der Waals surface area contributed by atoms with Crippen LogP contribution in [0.5, 0.6) is 0 Å². The Morgan fingerprint density at radius 1 is 1.48 bits per heavy atom. The van der Waals surface area contributed by atoms with Crippen LogP contribution in [0.1, 0.15) is 19.8 Å². The summed E-state index contributed by atoms with van der Waals surface area (Å²) in [5, 5.41) is 12.8. The highest BCUT2D eigenvalue weighted by atomic mass is 35.5. The number of nitrogens with zero attached hydrogens (tertiary/aromatic N) is 1. The minimum atomic E-state index is -1.04. The van der Waals surface area contributed by atoms with Gasteiger partial charge in [-0.1, -0.05) is 17.7 Å². The van der Waals surface area contributed by atoms with Crippen LogP contribution < -0.4 is 10.2 Å². The van der Waals surface area contributed by atoms with Crippen molar-refractivity contribution in [3.05, 3.63) is 29.3 Å². The summed E-state index contributed by atoms with van der Waals surface area (Å²) in [5.74, 6) is -1.34. The van der Waals surface area contributed by atoms with Crippen molar-refractivity contribution in [2.45, 2.75) is 25.8 Å². The van der Waals surface area contributed by atoms with Crippen molar-refractivity contribution in [3.63, 3.8) is 0 Å². The zero-order valence-electron chi connectivity index (χ0n) is 11.9. The fourth-order valence-electron chi connectivity index (χ4n) is 2.65. The van der Waals surface area contributed by atoms with E-state index in [1.54, 1.807) is 24.3 Å². The molecule has 1 aliphatic rings. The Morgan fingerprint density at radius 2 is 2.24 bits per heavy atom. The number of carbonyl (C=O) groups excluding carboxylic acids is 1. The number of halogens is 1. The van der Waals surface area contributed by atoms with Crippen LogP contribution >= 0.6 is 11.6 Å². The molecule has 1 heterocycles. The molecule has 0 spiro atoms. The summed E-state index contributed by atoms with van der Waals surface area (Å²) in [5.41, 5.74) is 0.529. The topological polar surface area (TPSA) is 69.6 Å². The van der Waals surface area contributed by atoms with E-state index in [2.05, 4.69) is 5.32 Å². The van der Waals surface area contributed by atoms with Crippen molar-refractivity contribution in [2.24, 2.45) is 5.92 Å². The van der Waals surface area contributed by atoms with Crippen molar-refractivity contribution >= 4 is 29.2 Å². The quantitative estimate of drug-likeness (QED) is 0.894. The number of benzene rings is 1. The molecule has 1 saturated heterocycles. The first-order valence-electron chi connectivity index (χ1n) is 6.99. The number of aliphatic carboxylic acids is 1. The molecule has 2 rings (SSSR count). The molecule has 0 radical (unpaired) electrons. The van der Waals surface area contributed by atoms with Crippen molar-refractivity contribution in [1.29, 1.82) is 0 Å². The van der Waals surface area contributed by atoms with Gasteiger partial charge in [0.15, 0.2) is 0 Å². The van der Waals surface area contributed by atoms with Crippen molar-refractivity contribution in [1.82, 2.24) is 5.32 Å². The lowest BCUT2D eigenvalue weighted by Gasteiger charge is -2.31. The van der Waals surface area contributed by atoms with Gasteiger partial charge in [0, 0.05) is 22.7 Å². The van der Waals surface area contributed by atoms with Crippen LogP contribution in [0.3, 0.4) is 0 Å². The Morgan fingerprint density at radius 3 is 2.86 bits per heavy atom. The van der Waals surface area contributed by atoms with Gasteiger partial charge in [-0.25, -0.2) is 0 Å². The maximum absolute atomic E-state index is 12.7. The number of carboxylic acid groups (broad SMARTS) is 1. The number of piperidine rings is 1. The van der Waals surface area contributed by atoms with Crippen molar-refractivity contribution in [2.75, 3.05) is 18.0 Å². The molecule has 1 aromatic rings. The molecule has 2 unspecified atom stereocenters. The molecule has 0 aliphatic carbocycles. The molecule has 2 N–H and O–H groups in total. The van der Waals surface area contributed by atoms with E-state index in [0.29, 0.717) is 10.7 Å². The Bertz CT molecular complexity index is 535. The fourth-order valence-corrected chi connectivity index (χ4v) is 2.84. The van der Waals surface area contributed by atoms with Gasteiger partial charge in [-0.3, -0.25) is 9.59 Å². The second kappa shape index (κ2) is 6.91. The fraction of sp³-hybridized carbons (Fsp3) is 0.467. The third-order valence-electron chi connectivity index (χ3n) is 3.65. The number of rotatable bonds is 4. The molecule has 6 heteroatoms. The van der Waals surface area contributed by atoms with Crippen LogP contribution in [0.25, 0.3) is 0 Å². The molecule has 0 bridgehead atoms. The molecule has 1 aromatic carbocycles. The first kappa shape index (κ1) is 15.8. The second-order valence-electron chi connectivity index (χ2n) is 5.37. The van der Waals surface area contributed by atoms with E-state index in [0.717, 1.165) is 19.4 Å². The highest BCUT2D eigenvalue weighted by molar-refractivity contribution is 6.31. The largest absolute Gasteiger partial charge is 0.480 e. The Balaban J connectivity index is 2.22. The molecular formula is C15H19ClN2O3. The second-order valence-corrected chi connectivity index (χ2v) is 5.81. The van der Waals surface area contributed by atoms with Crippen LogP contribution in [0.2, 0.25) is 5.02 Å². The van der Waals surface area contributed by atoms with Crippen LogP contribution in [-0.2, 0) is 9.59 Å². The van der Waals surface area contributed by atoms with Crippen LogP contribution in [0, 0.1) is 5.92 Å². The van der Waals surface area contributed by atoms with Gasteiger partial charge in [0.25, 0.3) is 0 Å². The summed E-state index contributed by atoms with van der Waals surface area (Å²) in [7, 11) is 0. The van der Waals surface area contributed by atoms with E-state index < -0.39 is 5.97 Å². The number of carbonyl (C=O) groups is 2. The number of carboxylic acids is 1. The zero-order chi connectivity index (χ0) is 15.4. The summed E-state index contributed by atoms with van der Waals surface area (Å²) in [6.45, 7) is 2.45. The van der Waals surface area contributed by atoms with Gasteiger partial charge in [0.1, 0.15) is 6.54 Å². The van der Waals surface area contributed by atoms with Gasteiger partial charge in [0.2, 0.25) is 5.91 Å². The lowest BCUT2D eigenvalue weighted by atomic mass is 9.92. The summed E-state index contributed by atoms with van der Waals surface area (Å²) in [4.78, 5) is 25.1. The van der Waals surface area contributed by atoms with E-state index in [-0.39, 0.29) is 24.4 Å². The average Bonchev–Trinajstić information content (AvgIpc) is 2.44. The third kappa shape index (κ3) is 4.19. The molecule has 2 atom stereocenters. The molecule has 114 valence electrons. The molecule has 1 aliphatic heterocycles. The zero-order valence-corrected chi connectivity index (χ0v) is 12.6. The minimum Gasteiger partial charge on any atom is -0.480 e. The Hall–Kier alpha value is -1.59. The normalized spacial score (nSPS) is 21.8. The third-order valence-corrected chi connectivity index (χ3v) is 3.89. The molecule has 0 aromatic heterocycles. The van der Waals surface area contributed by atoms with Crippen LogP contribution in [0.15, 0.2) is 24.3 Å². The monoisotopic (exact) mass is 310 g/mol. The number of amides is 1. The summed E-state index contributed by atoms with van der Waals surface area (Å²) >= 11 is 5.94. The van der Waals surface area contributed by atoms with E-state index in [1.807, 2.05) is 6.92 Å². The molecule has 1 fully saturated rings. The molecular weight excluding hydrogens is 292 g/mol. The van der Waals surface area contributed by atoms with Gasteiger partial charge in [-0.05, 0) is 44.5 Å². The number of hydrogen-bond acceptors (Lipinski definition) is 3. The summed E-state index contributed by atoms with van der Waals surface area (Å²) in [6.07, 6.45) is 1.44. The summed E-state index contributed by atoms with van der Waals surface area (Å²) in [6, 6.07) is 6.99. The van der Waals surface area contributed by atoms with E-state index in [4.69, 9.17) is 16.7 Å². The maximum Gasteiger partial charge on any atom is 0.323 e. The standard InChI is InChI=1S/C15H19ClN2O3/c1-10-7-11(5-6-17-10)15(21)18(9-14(19)20)13-4-2-3-12(16)8-13/h2-4,8,10-11,17H,5-7,9H2,1H3,(H,19,20). The lowest BCUT2D eigenvalue weighted by Crippen LogP contribution is -2.45. The highest BCUT2D eigenvalue weighted by Crippen LogP contribution is 2.25. The first-order valence-corrected chi connectivity index (χ1v) is 7.37. The molecule has 5 nitrogen and oxygen atoms in total. The van der Waals surface area contributed by atoms with Gasteiger partial charge in [-0.15, -0.1) is 0 Å². The van der Waals surface area contributed by atoms with E-state index in [1.165, 1.54) is 4.90 Å². The number of nitrogens with one attached hydrogen (secondary N) is 1. The van der Waals surface area contributed by atoms with Crippen LogP contribution in [0.4, 0.5) is 5.69 Å². The van der Waals surface area contributed by atoms with Gasteiger partial charge in [0.05, 0.1) is 0 Å². The predicted molar refractivity (Wildman–Crippen MR) is 81.6 cm³/mol. The first-order chi connectivity index (χ1) is 9.97. The molecule has 1 amide bonds. The lowest BCUT2D eigenvalue weighted by molar-refractivity contribution is -0.137. The highest BCUT2D eigenvalue weighted by Gasteiger charge is 2.30. The average molecular weight is 311 g/mol. The molecule has 0 saturated carbocycles. The van der Waals surface area contributed by atoms with Gasteiger partial charge < -0.3 is 15.3 Å². The van der Waals surface area contributed by atoms with Crippen LogP contribution in [-0.4, -0.2) is 36.1 Å². The van der Waals surface area contributed by atoms with Gasteiger partial charge in [-0.2, -0.15) is 0 Å². The minimum absolute atomic E-state index is 0.145. The smallest absolute Gasteiger partial charge is 0.323 e. The van der Waals surface area contributed by atoms with Gasteiger partial charge >= 0.3 is 5.97 Å². The van der Waals surface area contributed by atoms with Crippen molar-refractivity contribution in [3.8, 4) is 0 Å². The van der Waals surface area contributed by atoms with E-state index >= 15 is 0 Å². The Labute approximate surface area is 128 Å². The SMILES string of the molecule is CC1CC(C(=O)N(CC(=O)O)c2cccc(Cl)c2)CCN1. The number of anilines is 1. The Kier molecular flexibility index (Phi) is 5.20. The number of hydrogen-bond donors (Lipinski definition) is 2. The summed E-state index contributed by atoms with van der Waals surface area (Å²) < 4.78 is 0. The maximum atomic E-state index is 12.7. The van der Waals surface area contributed by atoms with E-state index in [9.17, 15) is 9.59 Å². The molecule has 21 heavy (non-hydrogen) atoms. The van der Waals surface area contributed by atoms with Crippen molar-refractivity contribution < 1.29 is 14.7 Å².